The van der Waals surface area contributed by atoms with Gasteiger partial charge >= 0.3 is 0 Å². The van der Waals surface area contributed by atoms with Crippen LogP contribution in [0.5, 0.6) is 5.75 Å². The molecule has 2 fully saturated rings. The minimum atomic E-state index is -0.141. The molecule has 0 unspecified atom stereocenters. The molecule has 4 rings (SSSR count). The van der Waals surface area contributed by atoms with Crippen molar-refractivity contribution in [3.63, 3.8) is 0 Å². The van der Waals surface area contributed by atoms with Crippen molar-refractivity contribution in [3.05, 3.63) is 53.1 Å². The fraction of sp³-hybridized carbons (Fsp3) is 0.409. The van der Waals surface area contributed by atoms with Gasteiger partial charge in [0.1, 0.15) is 30.3 Å². The Balaban J connectivity index is 1.56. The first kappa shape index (κ1) is 18.2. The van der Waals surface area contributed by atoms with Gasteiger partial charge in [0.2, 0.25) is 0 Å². The highest BCUT2D eigenvalue weighted by Gasteiger charge is 2.49. The molecule has 0 amide bonds. The number of rotatable bonds is 5. The third kappa shape index (κ3) is 3.38. The SMILES string of the molecule is CO[C@@H]1CO[C@H]2[C@@H]1OC[C@@H]2Oc1cc(C)c(-c2cccc(C=O)c2)c(C)c1. The molecule has 0 aliphatic carbocycles. The Bertz CT molecular complexity index is 823. The first-order valence-electron chi connectivity index (χ1n) is 9.20. The summed E-state index contributed by atoms with van der Waals surface area (Å²) in [5.74, 6) is 0.805. The summed E-state index contributed by atoms with van der Waals surface area (Å²) in [7, 11) is 1.68. The molecule has 2 heterocycles. The lowest BCUT2D eigenvalue weighted by Gasteiger charge is -2.20. The maximum absolute atomic E-state index is 11.1. The Morgan fingerprint density at radius 1 is 1.00 bits per heavy atom. The molecule has 2 aliphatic rings. The van der Waals surface area contributed by atoms with Crippen LogP contribution in [0, 0.1) is 13.8 Å². The van der Waals surface area contributed by atoms with Gasteiger partial charge in [-0.15, -0.1) is 0 Å². The van der Waals surface area contributed by atoms with E-state index in [1.807, 2.05) is 36.4 Å². The third-order valence-electron chi connectivity index (χ3n) is 5.37. The number of ether oxygens (including phenoxy) is 4. The lowest BCUT2D eigenvalue weighted by molar-refractivity contribution is -0.0138. The molecule has 0 aromatic heterocycles. The third-order valence-corrected chi connectivity index (χ3v) is 5.37. The quantitative estimate of drug-likeness (QED) is 0.758. The molecule has 0 spiro atoms. The van der Waals surface area contributed by atoms with Crippen LogP contribution in [-0.4, -0.2) is 51.0 Å². The number of hydrogen-bond donors (Lipinski definition) is 0. The topological polar surface area (TPSA) is 54.0 Å². The molecule has 0 saturated carbocycles. The van der Waals surface area contributed by atoms with Gasteiger partial charge in [-0.2, -0.15) is 0 Å². The second-order valence-electron chi connectivity index (χ2n) is 7.20. The average Bonchev–Trinajstić information content (AvgIpc) is 3.24. The van der Waals surface area contributed by atoms with Crippen molar-refractivity contribution < 1.29 is 23.7 Å². The molecular formula is C22H24O5. The van der Waals surface area contributed by atoms with Crippen LogP contribution in [0.4, 0.5) is 0 Å². The highest BCUT2D eigenvalue weighted by Crippen LogP contribution is 2.34. The molecule has 2 aliphatic heterocycles. The van der Waals surface area contributed by atoms with E-state index in [4.69, 9.17) is 18.9 Å². The van der Waals surface area contributed by atoms with Gasteiger partial charge in [0, 0.05) is 12.7 Å². The van der Waals surface area contributed by atoms with Crippen LogP contribution in [0.3, 0.4) is 0 Å². The summed E-state index contributed by atoms with van der Waals surface area (Å²) < 4.78 is 23.3. The Morgan fingerprint density at radius 3 is 2.33 bits per heavy atom. The summed E-state index contributed by atoms with van der Waals surface area (Å²) in [5, 5.41) is 0. The van der Waals surface area contributed by atoms with Gasteiger partial charge in [-0.3, -0.25) is 4.79 Å². The van der Waals surface area contributed by atoms with Crippen molar-refractivity contribution in [2.45, 2.75) is 38.3 Å². The van der Waals surface area contributed by atoms with E-state index in [0.29, 0.717) is 18.8 Å². The number of methoxy groups -OCH3 is 1. The van der Waals surface area contributed by atoms with Crippen molar-refractivity contribution in [3.8, 4) is 16.9 Å². The number of carbonyl (C=O) groups is 1. The number of benzene rings is 2. The molecule has 2 saturated heterocycles. The standard InChI is InChI=1S/C22H24O5/c1-13-7-17(27-19-12-26-21-18(24-3)11-25-22(19)21)8-14(2)20(13)16-6-4-5-15(9-16)10-23/h4-10,18-19,21-22H,11-12H2,1-3H3/t18-,19+,21-,22-/m1/s1. The fourth-order valence-electron chi connectivity index (χ4n) is 4.12. The monoisotopic (exact) mass is 368 g/mol. The van der Waals surface area contributed by atoms with E-state index >= 15 is 0 Å². The van der Waals surface area contributed by atoms with Crippen molar-refractivity contribution >= 4 is 6.29 Å². The maximum Gasteiger partial charge on any atom is 0.151 e. The minimum Gasteiger partial charge on any atom is -0.485 e. The van der Waals surface area contributed by atoms with Crippen LogP contribution < -0.4 is 4.74 Å². The molecule has 2 aromatic rings. The molecule has 5 heteroatoms. The zero-order chi connectivity index (χ0) is 19.0. The highest BCUT2D eigenvalue weighted by atomic mass is 16.6. The molecule has 4 atom stereocenters. The fourth-order valence-corrected chi connectivity index (χ4v) is 4.12. The predicted molar refractivity (Wildman–Crippen MR) is 101 cm³/mol. The summed E-state index contributed by atoms with van der Waals surface area (Å²) in [6.45, 7) is 5.15. The summed E-state index contributed by atoms with van der Waals surface area (Å²) in [5.41, 5.74) is 5.04. The number of aryl methyl sites for hydroxylation is 2. The second-order valence-corrected chi connectivity index (χ2v) is 7.20. The smallest absolute Gasteiger partial charge is 0.151 e. The Morgan fingerprint density at radius 2 is 1.67 bits per heavy atom. The van der Waals surface area contributed by atoms with Gasteiger partial charge < -0.3 is 18.9 Å². The Labute approximate surface area is 159 Å². The van der Waals surface area contributed by atoms with E-state index < -0.39 is 0 Å². The van der Waals surface area contributed by atoms with Gasteiger partial charge in [-0.1, -0.05) is 18.2 Å². The van der Waals surface area contributed by atoms with Crippen LogP contribution in [0.1, 0.15) is 21.5 Å². The first-order chi connectivity index (χ1) is 13.1. The Kier molecular flexibility index (Phi) is 5.00. The summed E-state index contributed by atoms with van der Waals surface area (Å²) in [6, 6.07) is 11.7. The van der Waals surface area contributed by atoms with E-state index in [1.54, 1.807) is 7.11 Å². The van der Waals surface area contributed by atoms with Crippen molar-refractivity contribution in [2.24, 2.45) is 0 Å². The number of aldehydes is 1. The zero-order valence-corrected chi connectivity index (χ0v) is 15.8. The number of hydrogen-bond acceptors (Lipinski definition) is 5. The largest absolute Gasteiger partial charge is 0.485 e. The Hall–Kier alpha value is -2.21. The van der Waals surface area contributed by atoms with Crippen LogP contribution in [0.15, 0.2) is 36.4 Å². The van der Waals surface area contributed by atoms with E-state index in [-0.39, 0.29) is 24.4 Å². The van der Waals surface area contributed by atoms with E-state index in [9.17, 15) is 4.79 Å². The average molecular weight is 368 g/mol. The predicted octanol–water partition coefficient (Wildman–Crippen LogP) is 3.34. The van der Waals surface area contributed by atoms with Crippen LogP contribution in [-0.2, 0) is 14.2 Å². The van der Waals surface area contributed by atoms with Crippen LogP contribution >= 0.6 is 0 Å². The second kappa shape index (κ2) is 7.43. The number of carbonyl (C=O) groups excluding carboxylic acids is 1. The van der Waals surface area contributed by atoms with Gasteiger partial charge in [0.25, 0.3) is 0 Å². The van der Waals surface area contributed by atoms with Crippen molar-refractivity contribution in [1.29, 1.82) is 0 Å². The molecule has 0 radical (unpaired) electrons. The molecule has 27 heavy (non-hydrogen) atoms. The molecule has 2 aromatic carbocycles. The molecular weight excluding hydrogens is 344 g/mol. The first-order valence-corrected chi connectivity index (χ1v) is 9.20. The highest BCUT2D eigenvalue weighted by molar-refractivity contribution is 5.80. The van der Waals surface area contributed by atoms with E-state index in [1.165, 1.54) is 0 Å². The summed E-state index contributed by atoms with van der Waals surface area (Å²) >= 11 is 0. The molecule has 0 bridgehead atoms. The van der Waals surface area contributed by atoms with Gasteiger partial charge in [0.05, 0.1) is 13.2 Å². The van der Waals surface area contributed by atoms with Gasteiger partial charge in [-0.05, 0) is 54.3 Å². The van der Waals surface area contributed by atoms with Gasteiger partial charge in [-0.25, -0.2) is 0 Å². The van der Waals surface area contributed by atoms with E-state index in [0.717, 1.165) is 34.3 Å². The normalized spacial score (nSPS) is 26.8. The lowest BCUT2D eigenvalue weighted by Crippen LogP contribution is -2.35. The molecule has 142 valence electrons. The molecule has 0 N–H and O–H groups in total. The maximum atomic E-state index is 11.1. The van der Waals surface area contributed by atoms with Crippen molar-refractivity contribution in [1.82, 2.24) is 0 Å². The van der Waals surface area contributed by atoms with Gasteiger partial charge in [0.15, 0.2) is 6.10 Å². The minimum absolute atomic E-state index is 0.0282. The molecule has 5 nitrogen and oxygen atoms in total. The summed E-state index contributed by atoms with van der Waals surface area (Å²) in [4.78, 5) is 11.1. The lowest BCUT2D eigenvalue weighted by atomic mass is 9.94. The van der Waals surface area contributed by atoms with Crippen molar-refractivity contribution in [2.75, 3.05) is 20.3 Å². The zero-order valence-electron chi connectivity index (χ0n) is 15.8. The summed E-state index contributed by atoms with van der Waals surface area (Å²) in [6.07, 6.45) is 0.543. The van der Waals surface area contributed by atoms with Crippen LogP contribution in [0.25, 0.3) is 11.1 Å². The van der Waals surface area contributed by atoms with Crippen LogP contribution in [0.2, 0.25) is 0 Å². The number of fused-ring (bicyclic) bond motifs is 1. The van der Waals surface area contributed by atoms with E-state index in [2.05, 4.69) is 13.8 Å².